The van der Waals surface area contributed by atoms with E-state index in [0.29, 0.717) is 16.8 Å². The van der Waals surface area contributed by atoms with Crippen molar-refractivity contribution in [2.75, 3.05) is 5.73 Å². The molecule has 0 amide bonds. The van der Waals surface area contributed by atoms with Gasteiger partial charge in [0, 0.05) is 17.2 Å². The standard InChI is InChI=1S/C12H15NO2/c1-7(2)12(15)9-5-4-6-10(13)11(9)8(3)14/h4-7H,13H2,1-3H3. The lowest BCUT2D eigenvalue weighted by atomic mass is 9.93. The van der Waals surface area contributed by atoms with E-state index in [9.17, 15) is 9.59 Å². The molecule has 1 aromatic rings. The van der Waals surface area contributed by atoms with Gasteiger partial charge >= 0.3 is 0 Å². The van der Waals surface area contributed by atoms with E-state index in [-0.39, 0.29) is 17.5 Å². The number of hydrogen-bond acceptors (Lipinski definition) is 3. The zero-order chi connectivity index (χ0) is 11.6. The molecule has 0 unspecified atom stereocenters. The summed E-state index contributed by atoms with van der Waals surface area (Å²) in [6, 6.07) is 4.97. The maximum atomic E-state index is 11.8. The summed E-state index contributed by atoms with van der Waals surface area (Å²) in [7, 11) is 0. The second-order valence-corrected chi connectivity index (χ2v) is 3.84. The van der Waals surface area contributed by atoms with Gasteiger partial charge in [-0.2, -0.15) is 0 Å². The Morgan fingerprint density at radius 2 is 1.87 bits per heavy atom. The number of benzene rings is 1. The van der Waals surface area contributed by atoms with Crippen molar-refractivity contribution in [2.45, 2.75) is 20.8 Å². The number of hydrogen-bond donors (Lipinski definition) is 1. The number of rotatable bonds is 3. The topological polar surface area (TPSA) is 60.2 Å². The van der Waals surface area contributed by atoms with E-state index in [0.717, 1.165) is 0 Å². The number of carbonyl (C=O) groups excluding carboxylic acids is 2. The summed E-state index contributed by atoms with van der Waals surface area (Å²) in [6.45, 7) is 5.02. The lowest BCUT2D eigenvalue weighted by molar-refractivity contribution is 0.0927. The monoisotopic (exact) mass is 205 g/mol. The molecule has 0 atom stereocenters. The van der Waals surface area contributed by atoms with Crippen molar-refractivity contribution in [3.8, 4) is 0 Å². The predicted octanol–water partition coefficient (Wildman–Crippen LogP) is 2.31. The highest BCUT2D eigenvalue weighted by Gasteiger charge is 2.18. The first-order valence-electron chi connectivity index (χ1n) is 4.88. The number of ketones is 2. The van der Waals surface area contributed by atoms with Crippen LogP contribution in [-0.4, -0.2) is 11.6 Å². The maximum Gasteiger partial charge on any atom is 0.166 e. The molecule has 1 aromatic carbocycles. The molecule has 0 spiro atoms. The lowest BCUT2D eigenvalue weighted by Crippen LogP contribution is -2.14. The molecule has 15 heavy (non-hydrogen) atoms. The van der Waals surface area contributed by atoms with Gasteiger partial charge in [0.05, 0.1) is 5.56 Å². The molecule has 1 rings (SSSR count). The van der Waals surface area contributed by atoms with E-state index < -0.39 is 0 Å². The van der Waals surface area contributed by atoms with Gasteiger partial charge in [-0.15, -0.1) is 0 Å². The first kappa shape index (κ1) is 11.4. The fourth-order valence-electron chi connectivity index (χ4n) is 1.48. The average molecular weight is 205 g/mol. The minimum atomic E-state index is -0.169. The summed E-state index contributed by atoms with van der Waals surface area (Å²) in [6.07, 6.45) is 0. The van der Waals surface area contributed by atoms with Crippen molar-refractivity contribution in [3.63, 3.8) is 0 Å². The van der Waals surface area contributed by atoms with E-state index in [2.05, 4.69) is 0 Å². The first-order valence-corrected chi connectivity index (χ1v) is 4.88. The van der Waals surface area contributed by atoms with Crippen molar-refractivity contribution in [3.05, 3.63) is 29.3 Å². The van der Waals surface area contributed by atoms with Crippen molar-refractivity contribution < 1.29 is 9.59 Å². The van der Waals surface area contributed by atoms with Gasteiger partial charge in [0.1, 0.15) is 0 Å². The molecule has 0 aliphatic rings. The summed E-state index contributed by atoms with van der Waals surface area (Å²) in [5, 5.41) is 0. The second kappa shape index (κ2) is 4.26. The third kappa shape index (κ3) is 2.24. The van der Waals surface area contributed by atoms with Crippen LogP contribution in [0.3, 0.4) is 0 Å². The molecule has 0 radical (unpaired) electrons. The summed E-state index contributed by atoms with van der Waals surface area (Å²) < 4.78 is 0. The smallest absolute Gasteiger partial charge is 0.166 e. The second-order valence-electron chi connectivity index (χ2n) is 3.84. The molecule has 0 aliphatic carbocycles. The largest absolute Gasteiger partial charge is 0.398 e. The minimum absolute atomic E-state index is 0.0486. The molecule has 0 heterocycles. The van der Waals surface area contributed by atoms with Crippen molar-refractivity contribution in [1.82, 2.24) is 0 Å². The van der Waals surface area contributed by atoms with Gasteiger partial charge in [-0.05, 0) is 13.0 Å². The highest BCUT2D eigenvalue weighted by atomic mass is 16.1. The number of nitrogens with two attached hydrogens (primary N) is 1. The zero-order valence-corrected chi connectivity index (χ0v) is 9.20. The van der Waals surface area contributed by atoms with Crippen molar-refractivity contribution in [2.24, 2.45) is 5.92 Å². The van der Waals surface area contributed by atoms with Crippen LogP contribution in [0.15, 0.2) is 18.2 Å². The molecule has 0 aromatic heterocycles. The number of Topliss-reactive ketones (excluding diaryl/α,β-unsaturated/α-hetero) is 2. The van der Waals surface area contributed by atoms with Crippen LogP contribution in [0, 0.1) is 5.92 Å². The van der Waals surface area contributed by atoms with Gasteiger partial charge in [-0.25, -0.2) is 0 Å². The lowest BCUT2D eigenvalue weighted by Gasteiger charge is -2.10. The Balaban J connectivity index is 3.35. The van der Waals surface area contributed by atoms with Gasteiger partial charge < -0.3 is 5.73 Å². The summed E-state index contributed by atoms with van der Waals surface area (Å²) in [5.41, 5.74) is 6.83. The van der Waals surface area contributed by atoms with Crippen LogP contribution in [0.2, 0.25) is 0 Å². The van der Waals surface area contributed by atoms with Crippen LogP contribution >= 0.6 is 0 Å². The maximum absolute atomic E-state index is 11.8. The molecular weight excluding hydrogens is 190 g/mol. The van der Waals surface area contributed by atoms with Gasteiger partial charge in [0.15, 0.2) is 11.6 Å². The van der Waals surface area contributed by atoms with Crippen LogP contribution in [0.1, 0.15) is 41.5 Å². The Labute approximate surface area is 89.3 Å². The van der Waals surface area contributed by atoms with Crippen LogP contribution < -0.4 is 5.73 Å². The van der Waals surface area contributed by atoms with Gasteiger partial charge in [-0.1, -0.05) is 26.0 Å². The Hall–Kier alpha value is -1.64. The first-order chi connectivity index (χ1) is 6.95. The fraction of sp³-hybridized carbons (Fsp3) is 0.333. The Kier molecular flexibility index (Phi) is 3.24. The summed E-state index contributed by atoms with van der Waals surface area (Å²) >= 11 is 0. The van der Waals surface area contributed by atoms with Gasteiger partial charge in [0.25, 0.3) is 0 Å². The molecule has 0 saturated heterocycles. The Morgan fingerprint density at radius 1 is 1.27 bits per heavy atom. The zero-order valence-electron chi connectivity index (χ0n) is 9.20. The molecule has 3 heteroatoms. The average Bonchev–Trinajstić information content (AvgIpc) is 2.15. The molecule has 0 saturated carbocycles. The highest BCUT2D eigenvalue weighted by Crippen LogP contribution is 2.20. The van der Waals surface area contributed by atoms with Gasteiger partial charge in [-0.3, -0.25) is 9.59 Å². The van der Waals surface area contributed by atoms with E-state index in [1.807, 2.05) is 0 Å². The molecule has 2 N–H and O–H groups in total. The minimum Gasteiger partial charge on any atom is -0.398 e. The normalized spacial score (nSPS) is 10.4. The highest BCUT2D eigenvalue weighted by molar-refractivity contribution is 6.11. The molecule has 0 fully saturated rings. The predicted molar refractivity (Wildman–Crippen MR) is 60.0 cm³/mol. The van der Waals surface area contributed by atoms with Crippen LogP contribution in [0.5, 0.6) is 0 Å². The number of nitrogen functional groups attached to an aromatic ring is 1. The van der Waals surface area contributed by atoms with Crippen molar-refractivity contribution in [1.29, 1.82) is 0 Å². The molecule has 3 nitrogen and oxygen atoms in total. The molecule has 0 bridgehead atoms. The van der Waals surface area contributed by atoms with E-state index in [1.54, 1.807) is 32.0 Å². The summed E-state index contributed by atoms with van der Waals surface area (Å²) in [5.74, 6) is -0.352. The molecule has 0 aliphatic heterocycles. The third-order valence-electron chi connectivity index (χ3n) is 2.24. The Morgan fingerprint density at radius 3 is 2.33 bits per heavy atom. The van der Waals surface area contributed by atoms with Crippen LogP contribution in [0.4, 0.5) is 5.69 Å². The van der Waals surface area contributed by atoms with E-state index >= 15 is 0 Å². The van der Waals surface area contributed by atoms with Crippen LogP contribution in [-0.2, 0) is 0 Å². The molecular formula is C12H15NO2. The van der Waals surface area contributed by atoms with Crippen LogP contribution in [0.25, 0.3) is 0 Å². The SMILES string of the molecule is CC(=O)c1c(N)cccc1C(=O)C(C)C. The van der Waals surface area contributed by atoms with Crippen molar-refractivity contribution >= 4 is 17.3 Å². The third-order valence-corrected chi connectivity index (χ3v) is 2.24. The molecule has 80 valence electrons. The Bertz CT molecular complexity index is 408. The van der Waals surface area contributed by atoms with Gasteiger partial charge in [0.2, 0.25) is 0 Å². The fourth-order valence-corrected chi connectivity index (χ4v) is 1.48. The van der Waals surface area contributed by atoms with E-state index in [1.165, 1.54) is 6.92 Å². The number of anilines is 1. The number of carbonyl (C=O) groups is 2. The quantitative estimate of drug-likeness (QED) is 0.608. The van der Waals surface area contributed by atoms with E-state index in [4.69, 9.17) is 5.73 Å². The summed E-state index contributed by atoms with van der Waals surface area (Å²) in [4.78, 5) is 23.2.